The Balaban J connectivity index is 2.23. The van der Waals surface area contributed by atoms with Crippen LogP contribution in [0, 0.1) is 0 Å². The third-order valence-corrected chi connectivity index (χ3v) is 2.25. The van der Waals surface area contributed by atoms with Crippen molar-refractivity contribution < 1.29 is 14.6 Å². The van der Waals surface area contributed by atoms with Gasteiger partial charge in [0.25, 0.3) is 0 Å². The van der Waals surface area contributed by atoms with E-state index in [1.165, 1.54) is 0 Å². The lowest BCUT2D eigenvalue weighted by Gasteiger charge is -2.16. The fraction of sp³-hybridized carbons (Fsp3) is 0.500. The predicted molar refractivity (Wildman–Crippen MR) is 57.2 cm³/mol. The Kier molecular flexibility index (Phi) is 2.35. The van der Waals surface area contributed by atoms with E-state index in [0.717, 1.165) is 17.1 Å². The largest absolute Gasteiger partial charge is 0.449 e. The number of benzene rings is 1. The zero-order chi connectivity index (χ0) is 11.1. The highest BCUT2D eigenvalue weighted by molar-refractivity contribution is 5.45. The van der Waals surface area contributed by atoms with E-state index in [-0.39, 0.29) is 6.10 Å². The standard InChI is InChI=1S/C12H16O3/c1-8(13)6-9-4-5-10-11(7-9)15-12(2,3)14-10/h4-5,7-8,13H,6H2,1-3H3/t8-/m1/s1. The average molecular weight is 208 g/mol. The Bertz CT molecular complexity index is 369. The summed E-state index contributed by atoms with van der Waals surface area (Å²) in [5.74, 6) is 0.957. The van der Waals surface area contributed by atoms with Crippen LogP contribution in [-0.4, -0.2) is 17.0 Å². The molecule has 1 heterocycles. The smallest absolute Gasteiger partial charge is 0.246 e. The highest BCUT2D eigenvalue weighted by Crippen LogP contribution is 2.39. The Labute approximate surface area is 89.6 Å². The Morgan fingerprint density at radius 1 is 1.27 bits per heavy atom. The first-order valence-electron chi connectivity index (χ1n) is 5.15. The molecule has 0 amide bonds. The van der Waals surface area contributed by atoms with Gasteiger partial charge >= 0.3 is 0 Å². The molecule has 0 saturated carbocycles. The summed E-state index contributed by atoms with van der Waals surface area (Å²) in [4.78, 5) is 0. The van der Waals surface area contributed by atoms with Gasteiger partial charge in [0.15, 0.2) is 11.5 Å². The second-order valence-electron chi connectivity index (χ2n) is 4.44. The lowest BCUT2D eigenvalue weighted by Crippen LogP contribution is -2.29. The number of rotatable bonds is 2. The van der Waals surface area contributed by atoms with Crippen LogP contribution in [0.5, 0.6) is 11.5 Å². The van der Waals surface area contributed by atoms with Gasteiger partial charge in [0, 0.05) is 13.8 Å². The van der Waals surface area contributed by atoms with E-state index in [9.17, 15) is 5.11 Å². The van der Waals surface area contributed by atoms with Gasteiger partial charge in [-0.05, 0) is 31.0 Å². The maximum atomic E-state index is 9.28. The zero-order valence-corrected chi connectivity index (χ0v) is 9.28. The highest BCUT2D eigenvalue weighted by atomic mass is 16.7. The SMILES string of the molecule is C[C@@H](O)Cc1ccc2c(c1)OC(C)(C)O2. The summed E-state index contributed by atoms with van der Waals surface area (Å²) in [5, 5.41) is 9.28. The second kappa shape index (κ2) is 3.42. The predicted octanol–water partition coefficient (Wildman–Crippen LogP) is 2.12. The van der Waals surface area contributed by atoms with Crippen molar-refractivity contribution in [1.82, 2.24) is 0 Å². The van der Waals surface area contributed by atoms with Gasteiger partial charge in [-0.15, -0.1) is 0 Å². The molecule has 1 atom stereocenters. The molecule has 0 unspecified atom stereocenters. The summed E-state index contributed by atoms with van der Waals surface area (Å²) < 4.78 is 11.2. The van der Waals surface area contributed by atoms with E-state index in [1.807, 2.05) is 32.0 Å². The Morgan fingerprint density at radius 3 is 2.60 bits per heavy atom. The molecule has 1 aliphatic heterocycles. The van der Waals surface area contributed by atoms with Crippen molar-refractivity contribution in [3.05, 3.63) is 23.8 Å². The Hall–Kier alpha value is -1.22. The maximum absolute atomic E-state index is 9.28. The molecule has 0 saturated heterocycles. The number of ether oxygens (including phenoxy) is 2. The fourth-order valence-electron chi connectivity index (χ4n) is 1.74. The van der Waals surface area contributed by atoms with Crippen molar-refractivity contribution in [2.45, 2.75) is 39.1 Å². The van der Waals surface area contributed by atoms with Gasteiger partial charge in [0.2, 0.25) is 5.79 Å². The van der Waals surface area contributed by atoms with Gasteiger partial charge in [0.05, 0.1) is 6.10 Å². The summed E-state index contributed by atoms with van der Waals surface area (Å²) in [7, 11) is 0. The molecule has 0 fully saturated rings. The molecule has 1 aliphatic rings. The molecule has 0 radical (unpaired) electrons. The van der Waals surface area contributed by atoms with Crippen LogP contribution < -0.4 is 9.47 Å². The van der Waals surface area contributed by atoms with Crippen LogP contribution in [0.15, 0.2) is 18.2 Å². The van der Waals surface area contributed by atoms with E-state index in [0.29, 0.717) is 6.42 Å². The van der Waals surface area contributed by atoms with Gasteiger partial charge in [0.1, 0.15) is 0 Å². The van der Waals surface area contributed by atoms with Crippen LogP contribution in [0.4, 0.5) is 0 Å². The lowest BCUT2D eigenvalue weighted by atomic mass is 10.1. The molecule has 0 bridgehead atoms. The second-order valence-corrected chi connectivity index (χ2v) is 4.44. The minimum atomic E-state index is -0.578. The summed E-state index contributed by atoms with van der Waals surface area (Å²) in [6, 6.07) is 5.77. The van der Waals surface area contributed by atoms with Crippen molar-refractivity contribution in [2.75, 3.05) is 0 Å². The van der Waals surface area contributed by atoms with Crippen LogP contribution >= 0.6 is 0 Å². The van der Waals surface area contributed by atoms with Crippen molar-refractivity contribution in [2.24, 2.45) is 0 Å². The maximum Gasteiger partial charge on any atom is 0.246 e. The van der Waals surface area contributed by atoms with Crippen LogP contribution in [0.2, 0.25) is 0 Å². The molecule has 1 aromatic carbocycles. The molecule has 1 N–H and O–H groups in total. The molecule has 15 heavy (non-hydrogen) atoms. The number of aliphatic hydroxyl groups excluding tert-OH is 1. The molecule has 0 aliphatic carbocycles. The zero-order valence-electron chi connectivity index (χ0n) is 9.28. The monoisotopic (exact) mass is 208 g/mol. The minimum Gasteiger partial charge on any atom is -0.449 e. The van der Waals surface area contributed by atoms with Gasteiger partial charge < -0.3 is 14.6 Å². The number of fused-ring (bicyclic) bond motifs is 1. The van der Waals surface area contributed by atoms with Crippen molar-refractivity contribution >= 4 is 0 Å². The Morgan fingerprint density at radius 2 is 1.93 bits per heavy atom. The minimum absolute atomic E-state index is 0.335. The molecule has 2 rings (SSSR count). The average Bonchev–Trinajstić information content (AvgIpc) is 2.36. The molecular weight excluding hydrogens is 192 g/mol. The first-order chi connectivity index (χ1) is 6.96. The van der Waals surface area contributed by atoms with Gasteiger partial charge in [-0.2, -0.15) is 0 Å². The molecule has 3 heteroatoms. The summed E-state index contributed by atoms with van der Waals surface area (Å²) >= 11 is 0. The van der Waals surface area contributed by atoms with Crippen LogP contribution in [0.3, 0.4) is 0 Å². The summed E-state index contributed by atoms with van der Waals surface area (Å²) in [5.41, 5.74) is 1.06. The van der Waals surface area contributed by atoms with E-state index in [2.05, 4.69) is 0 Å². The van der Waals surface area contributed by atoms with Crippen molar-refractivity contribution in [1.29, 1.82) is 0 Å². The van der Waals surface area contributed by atoms with Crippen LogP contribution in [0.25, 0.3) is 0 Å². The van der Waals surface area contributed by atoms with E-state index in [1.54, 1.807) is 6.92 Å². The first kappa shape index (κ1) is 10.3. The lowest BCUT2D eigenvalue weighted by molar-refractivity contribution is -0.0431. The molecule has 0 spiro atoms. The molecule has 1 aromatic rings. The van der Waals surface area contributed by atoms with Crippen LogP contribution in [-0.2, 0) is 6.42 Å². The molecular formula is C12H16O3. The topological polar surface area (TPSA) is 38.7 Å². The highest BCUT2D eigenvalue weighted by Gasteiger charge is 2.31. The number of hydrogen-bond donors (Lipinski definition) is 1. The fourth-order valence-corrected chi connectivity index (χ4v) is 1.74. The van der Waals surface area contributed by atoms with Gasteiger partial charge in [-0.1, -0.05) is 6.07 Å². The first-order valence-corrected chi connectivity index (χ1v) is 5.15. The summed E-state index contributed by atoms with van der Waals surface area (Å²) in [6.07, 6.45) is 0.301. The number of hydrogen-bond acceptors (Lipinski definition) is 3. The van der Waals surface area contributed by atoms with E-state index >= 15 is 0 Å². The normalized spacial score (nSPS) is 18.9. The van der Waals surface area contributed by atoms with Crippen LogP contribution in [0.1, 0.15) is 26.3 Å². The molecule has 0 aromatic heterocycles. The van der Waals surface area contributed by atoms with Gasteiger partial charge in [-0.3, -0.25) is 0 Å². The van der Waals surface area contributed by atoms with Crippen molar-refractivity contribution in [3.63, 3.8) is 0 Å². The third-order valence-electron chi connectivity index (χ3n) is 2.25. The van der Waals surface area contributed by atoms with Gasteiger partial charge in [-0.25, -0.2) is 0 Å². The molecule has 82 valence electrons. The van der Waals surface area contributed by atoms with E-state index in [4.69, 9.17) is 9.47 Å². The third kappa shape index (κ3) is 2.23. The van der Waals surface area contributed by atoms with Crippen molar-refractivity contribution in [3.8, 4) is 11.5 Å². The van der Waals surface area contributed by atoms with E-state index < -0.39 is 5.79 Å². The summed E-state index contributed by atoms with van der Waals surface area (Å²) in [6.45, 7) is 5.53. The molecule has 3 nitrogen and oxygen atoms in total. The quantitative estimate of drug-likeness (QED) is 0.809. The number of aliphatic hydroxyl groups is 1.